The van der Waals surface area contributed by atoms with Gasteiger partial charge in [0.15, 0.2) is 0 Å². The predicted molar refractivity (Wildman–Crippen MR) is 82.4 cm³/mol. The van der Waals surface area contributed by atoms with Crippen molar-refractivity contribution in [1.82, 2.24) is 5.32 Å². The summed E-state index contributed by atoms with van der Waals surface area (Å²) in [6.45, 7) is 4.99. The highest BCUT2D eigenvalue weighted by molar-refractivity contribution is 5.28. The number of nitrogens with one attached hydrogen (secondary N) is 1. The molecule has 0 aromatic heterocycles. The molecule has 1 aromatic carbocycles. The third kappa shape index (κ3) is 4.22. The maximum atomic E-state index is 6.27. The zero-order chi connectivity index (χ0) is 14.3. The molecular weight excluding hydrogens is 250 g/mol. The van der Waals surface area contributed by atoms with Crippen molar-refractivity contribution < 1.29 is 9.47 Å². The quantitative estimate of drug-likeness (QED) is 0.703. The van der Waals surface area contributed by atoms with Crippen LogP contribution in [0.25, 0.3) is 0 Å². The summed E-state index contributed by atoms with van der Waals surface area (Å²) in [5, 5.41) is 3.40. The number of methoxy groups -OCH3 is 1. The second-order valence-electron chi connectivity index (χ2n) is 5.63. The molecule has 112 valence electrons. The first kappa shape index (κ1) is 15.3. The van der Waals surface area contributed by atoms with Crippen LogP contribution in [-0.4, -0.2) is 32.4 Å². The fourth-order valence-electron chi connectivity index (χ4n) is 2.66. The van der Waals surface area contributed by atoms with E-state index >= 15 is 0 Å². The lowest BCUT2D eigenvalue weighted by Crippen LogP contribution is -2.45. The van der Waals surface area contributed by atoms with E-state index in [-0.39, 0.29) is 5.60 Å². The van der Waals surface area contributed by atoms with Crippen molar-refractivity contribution in [3.8, 4) is 5.75 Å². The molecule has 20 heavy (non-hydrogen) atoms. The summed E-state index contributed by atoms with van der Waals surface area (Å²) in [6.07, 6.45) is 5.72. The highest BCUT2D eigenvalue weighted by atomic mass is 16.5. The fourth-order valence-corrected chi connectivity index (χ4v) is 2.66. The van der Waals surface area contributed by atoms with Gasteiger partial charge in [0.25, 0.3) is 0 Å². The topological polar surface area (TPSA) is 30.5 Å². The summed E-state index contributed by atoms with van der Waals surface area (Å²) < 4.78 is 11.4. The lowest BCUT2D eigenvalue weighted by molar-refractivity contribution is -0.0141. The molecule has 1 aliphatic carbocycles. The van der Waals surface area contributed by atoms with Gasteiger partial charge in [0.05, 0.1) is 6.61 Å². The van der Waals surface area contributed by atoms with E-state index in [0.29, 0.717) is 0 Å². The van der Waals surface area contributed by atoms with Crippen LogP contribution in [0.1, 0.15) is 38.2 Å². The molecule has 0 atom stereocenters. The first-order valence-corrected chi connectivity index (χ1v) is 7.75. The van der Waals surface area contributed by atoms with Crippen LogP contribution in [-0.2, 0) is 11.2 Å². The Morgan fingerprint density at radius 1 is 1.20 bits per heavy atom. The molecule has 0 radical (unpaired) electrons. The second-order valence-corrected chi connectivity index (χ2v) is 5.63. The summed E-state index contributed by atoms with van der Waals surface area (Å²) >= 11 is 0. The van der Waals surface area contributed by atoms with Crippen LogP contribution in [0, 0.1) is 0 Å². The van der Waals surface area contributed by atoms with E-state index in [4.69, 9.17) is 9.47 Å². The van der Waals surface area contributed by atoms with E-state index in [0.717, 1.165) is 38.3 Å². The molecule has 0 heterocycles. The average Bonchev–Trinajstić information content (AvgIpc) is 2.44. The molecule has 1 N–H and O–H groups in total. The van der Waals surface area contributed by atoms with E-state index in [9.17, 15) is 0 Å². The van der Waals surface area contributed by atoms with Crippen molar-refractivity contribution in [1.29, 1.82) is 0 Å². The SMILES string of the molecule is CCNCCC1(Oc2ccc(CCOC)cc2)CCC1. The molecule has 1 fully saturated rings. The van der Waals surface area contributed by atoms with Crippen molar-refractivity contribution in [2.45, 2.75) is 44.6 Å². The predicted octanol–water partition coefficient (Wildman–Crippen LogP) is 3.18. The van der Waals surface area contributed by atoms with E-state index in [2.05, 4.69) is 36.5 Å². The standard InChI is InChI=1S/C17H27NO2/c1-3-18-13-12-17(10-4-11-17)20-16-7-5-15(6-8-16)9-14-19-2/h5-8,18H,3-4,9-14H2,1-2H3. The highest BCUT2D eigenvalue weighted by Crippen LogP contribution is 2.39. The Morgan fingerprint density at radius 2 is 1.95 bits per heavy atom. The molecule has 0 bridgehead atoms. The largest absolute Gasteiger partial charge is 0.487 e. The minimum atomic E-state index is 0.0796. The van der Waals surface area contributed by atoms with Crippen molar-refractivity contribution >= 4 is 0 Å². The summed E-state index contributed by atoms with van der Waals surface area (Å²) in [6, 6.07) is 8.48. The van der Waals surface area contributed by atoms with Gasteiger partial charge in [-0.05, 0) is 62.9 Å². The third-order valence-electron chi connectivity index (χ3n) is 4.12. The maximum absolute atomic E-state index is 6.27. The minimum absolute atomic E-state index is 0.0796. The Hall–Kier alpha value is -1.06. The molecule has 0 amide bonds. The first-order chi connectivity index (χ1) is 9.78. The van der Waals surface area contributed by atoms with Crippen molar-refractivity contribution in [2.24, 2.45) is 0 Å². The van der Waals surface area contributed by atoms with Crippen LogP contribution in [0.4, 0.5) is 0 Å². The van der Waals surface area contributed by atoms with Gasteiger partial charge in [-0.25, -0.2) is 0 Å². The second kappa shape index (κ2) is 7.65. The van der Waals surface area contributed by atoms with Crippen molar-refractivity contribution in [3.05, 3.63) is 29.8 Å². The number of ether oxygens (including phenoxy) is 2. The molecule has 0 aliphatic heterocycles. The number of rotatable bonds is 9. The lowest BCUT2D eigenvalue weighted by Gasteiger charge is -2.42. The molecule has 1 aromatic rings. The van der Waals surface area contributed by atoms with Crippen LogP contribution in [0.2, 0.25) is 0 Å². The number of benzene rings is 1. The van der Waals surface area contributed by atoms with Crippen LogP contribution >= 0.6 is 0 Å². The zero-order valence-corrected chi connectivity index (χ0v) is 12.8. The summed E-state index contributed by atoms with van der Waals surface area (Å²) in [4.78, 5) is 0. The van der Waals surface area contributed by atoms with Crippen molar-refractivity contribution in [2.75, 3.05) is 26.8 Å². The van der Waals surface area contributed by atoms with Gasteiger partial charge in [-0.3, -0.25) is 0 Å². The van der Waals surface area contributed by atoms with Gasteiger partial charge in [0.1, 0.15) is 11.4 Å². The molecule has 1 aliphatic rings. The van der Waals surface area contributed by atoms with Crippen LogP contribution in [0.3, 0.4) is 0 Å². The van der Waals surface area contributed by atoms with Gasteiger partial charge in [-0.15, -0.1) is 0 Å². The Balaban J connectivity index is 1.87. The van der Waals surface area contributed by atoms with Gasteiger partial charge in [-0.1, -0.05) is 19.1 Å². The van der Waals surface area contributed by atoms with Crippen LogP contribution < -0.4 is 10.1 Å². The maximum Gasteiger partial charge on any atom is 0.120 e. The number of hydrogen-bond acceptors (Lipinski definition) is 3. The number of hydrogen-bond donors (Lipinski definition) is 1. The van der Waals surface area contributed by atoms with Gasteiger partial charge < -0.3 is 14.8 Å². The van der Waals surface area contributed by atoms with E-state index in [1.807, 2.05) is 0 Å². The van der Waals surface area contributed by atoms with Gasteiger partial charge in [0.2, 0.25) is 0 Å². The fraction of sp³-hybridized carbons (Fsp3) is 0.647. The normalized spacial score (nSPS) is 16.7. The Labute approximate surface area is 122 Å². The van der Waals surface area contributed by atoms with Crippen molar-refractivity contribution in [3.63, 3.8) is 0 Å². The highest BCUT2D eigenvalue weighted by Gasteiger charge is 2.38. The molecule has 0 spiro atoms. The average molecular weight is 277 g/mol. The minimum Gasteiger partial charge on any atom is -0.487 e. The van der Waals surface area contributed by atoms with E-state index in [1.165, 1.54) is 24.8 Å². The lowest BCUT2D eigenvalue weighted by atomic mass is 9.77. The summed E-state index contributed by atoms with van der Waals surface area (Å²) in [5.74, 6) is 1.00. The Bertz CT molecular complexity index is 384. The Kier molecular flexibility index (Phi) is 5.86. The molecule has 0 unspecified atom stereocenters. The van der Waals surface area contributed by atoms with E-state index < -0.39 is 0 Å². The van der Waals surface area contributed by atoms with Crippen LogP contribution in [0.15, 0.2) is 24.3 Å². The molecule has 3 nitrogen and oxygen atoms in total. The van der Waals surface area contributed by atoms with Crippen LogP contribution in [0.5, 0.6) is 5.75 Å². The van der Waals surface area contributed by atoms with Gasteiger partial charge in [-0.2, -0.15) is 0 Å². The molecule has 3 heteroatoms. The van der Waals surface area contributed by atoms with E-state index in [1.54, 1.807) is 7.11 Å². The molecular formula is C17H27NO2. The smallest absolute Gasteiger partial charge is 0.120 e. The first-order valence-electron chi connectivity index (χ1n) is 7.75. The third-order valence-corrected chi connectivity index (χ3v) is 4.12. The van der Waals surface area contributed by atoms with Gasteiger partial charge >= 0.3 is 0 Å². The monoisotopic (exact) mass is 277 g/mol. The molecule has 1 saturated carbocycles. The summed E-state index contributed by atoms with van der Waals surface area (Å²) in [7, 11) is 1.74. The zero-order valence-electron chi connectivity index (χ0n) is 12.8. The molecule has 0 saturated heterocycles. The molecule has 2 rings (SSSR count). The van der Waals surface area contributed by atoms with Gasteiger partial charge in [0, 0.05) is 7.11 Å². The Morgan fingerprint density at radius 3 is 2.50 bits per heavy atom. The summed E-state index contributed by atoms with van der Waals surface area (Å²) in [5.41, 5.74) is 1.38.